The number of rotatable bonds is 4. The number of aliphatic hydroxyl groups excluding tert-OH is 1. The highest BCUT2D eigenvalue weighted by atomic mass is 16.3. The lowest BCUT2D eigenvalue weighted by Crippen LogP contribution is -2.36. The molecule has 1 aromatic carbocycles. The van der Waals surface area contributed by atoms with E-state index in [1.807, 2.05) is 19.2 Å². The van der Waals surface area contributed by atoms with Crippen molar-refractivity contribution in [3.8, 4) is 5.75 Å². The number of aromatic hydroxyl groups is 1. The van der Waals surface area contributed by atoms with Gasteiger partial charge in [-0.15, -0.1) is 0 Å². The number of anilines is 1. The molecule has 0 atom stereocenters. The third-order valence-corrected chi connectivity index (χ3v) is 3.86. The lowest BCUT2D eigenvalue weighted by molar-refractivity contribution is 0.137. The van der Waals surface area contributed by atoms with E-state index < -0.39 is 0 Å². The smallest absolute Gasteiger partial charge is 0.115 e. The first kappa shape index (κ1) is 12.2. The minimum absolute atomic E-state index is 0.0760. The molecule has 2 N–H and O–H groups in total. The van der Waals surface area contributed by atoms with Gasteiger partial charge in [-0.1, -0.05) is 12.8 Å². The molecule has 94 valence electrons. The van der Waals surface area contributed by atoms with E-state index in [1.165, 1.54) is 12.8 Å². The molecule has 0 heterocycles. The van der Waals surface area contributed by atoms with Crippen molar-refractivity contribution < 1.29 is 10.2 Å². The van der Waals surface area contributed by atoms with Crippen molar-refractivity contribution in [2.24, 2.45) is 5.41 Å². The molecular weight excluding hydrogens is 214 g/mol. The molecule has 1 aliphatic rings. The van der Waals surface area contributed by atoms with Crippen LogP contribution < -0.4 is 4.90 Å². The second kappa shape index (κ2) is 4.96. The Kier molecular flexibility index (Phi) is 3.57. The summed E-state index contributed by atoms with van der Waals surface area (Å²) < 4.78 is 0. The van der Waals surface area contributed by atoms with Crippen LogP contribution in [-0.4, -0.2) is 30.4 Å². The van der Waals surface area contributed by atoms with Crippen molar-refractivity contribution >= 4 is 5.69 Å². The molecule has 0 spiro atoms. The second-order valence-electron chi connectivity index (χ2n) is 5.24. The molecule has 3 nitrogen and oxygen atoms in total. The second-order valence-corrected chi connectivity index (χ2v) is 5.24. The molecular formula is C14H21NO2. The number of aliphatic hydroxyl groups is 1. The van der Waals surface area contributed by atoms with Crippen LogP contribution in [0.3, 0.4) is 0 Å². The minimum atomic E-state index is 0.0760. The van der Waals surface area contributed by atoms with E-state index in [9.17, 15) is 10.2 Å². The summed E-state index contributed by atoms with van der Waals surface area (Å²) >= 11 is 0. The number of phenols is 1. The first-order chi connectivity index (χ1) is 8.15. The van der Waals surface area contributed by atoms with Gasteiger partial charge in [-0.3, -0.25) is 0 Å². The van der Waals surface area contributed by atoms with Crippen LogP contribution in [0, 0.1) is 5.41 Å². The summed E-state index contributed by atoms with van der Waals surface area (Å²) in [6.07, 6.45) is 4.69. The molecule has 0 aliphatic heterocycles. The number of nitrogens with zero attached hydrogens (tertiary/aromatic N) is 1. The fraction of sp³-hybridized carbons (Fsp3) is 0.571. The van der Waals surface area contributed by atoms with E-state index in [1.54, 1.807) is 12.1 Å². The Hall–Kier alpha value is -1.22. The van der Waals surface area contributed by atoms with Crippen LogP contribution in [0.15, 0.2) is 24.3 Å². The van der Waals surface area contributed by atoms with Gasteiger partial charge in [0.2, 0.25) is 0 Å². The Labute approximate surface area is 103 Å². The molecule has 1 aliphatic carbocycles. The highest BCUT2D eigenvalue weighted by Crippen LogP contribution is 2.38. The third kappa shape index (κ3) is 2.72. The van der Waals surface area contributed by atoms with Crippen LogP contribution >= 0.6 is 0 Å². The van der Waals surface area contributed by atoms with Crippen molar-refractivity contribution in [3.05, 3.63) is 24.3 Å². The van der Waals surface area contributed by atoms with E-state index in [-0.39, 0.29) is 12.0 Å². The predicted molar refractivity (Wildman–Crippen MR) is 69.4 cm³/mol. The lowest BCUT2D eigenvalue weighted by atomic mass is 9.86. The van der Waals surface area contributed by atoms with Crippen molar-refractivity contribution in [1.29, 1.82) is 0 Å². The van der Waals surface area contributed by atoms with E-state index in [0.29, 0.717) is 5.75 Å². The molecule has 0 aromatic heterocycles. The van der Waals surface area contributed by atoms with Gasteiger partial charge in [-0.25, -0.2) is 0 Å². The molecule has 0 amide bonds. The maximum atomic E-state index is 9.59. The standard InChI is InChI=1S/C14H21NO2/c1-15(12-4-6-13(17)7-5-12)10-14(11-16)8-2-3-9-14/h4-7,16-17H,2-3,8-11H2,1H3. The summed E-state index contributed by atoms with van der Waals surface area (Å²) in [7, 11) is 2.04. The van der Waals surface area contributed by atoms with Gasteiger partial charge in [0.15, 0.2) is 0 Å². The normalized spacial score (nSPS) is 18.2. The largest absolute Gasteiger partial charge is 0.508 e. The summed E-state index contributed by atoms with van der Waals surface area (Å²) in [6.45, 7) is 1.16. The van der Waals surface area contributed by atoms with E-state index in [0.717, 1.165) is 25.1 Å². The van der Waals surface area contributed by atoms with Crippen molar-refractivity contribution in [3.63, 3.8) is 0 Å². The van der Waals surface area contributed by atoms with E-state index in [2.05, 4.69) is 4.90 Å². The van der Waals surface area contributed by atoms with Crippen LogP contribution in [-0.2, 0) is 0 Å². The molecule has 3 heteroatoms. The van der Waals surface area contributed by atoms with Gasteiger partial charge in [0.1, 0.15) is 5.75 Å². The van der Waals surface area contributed by atoms with Gasteiger partial charge in [0, 0.05) is 24.7 Å². The number of hydrogen-bond acceptors (Lipinski definition) is 3. The van der Waals surface area contributed by atoms with E-state index in [4.69, 9.17) is 0 Å². The SMILES string of the molecule is CN(CC1(CO)CCCC1)c1ccc(O)cc1. The summed E-state index contributed by atoms with van der Waals surface area (Å²) in [5.74, 6) is 0.292. The Morgan fingerprint density at radius 3 is 2.29 bits per heavy atom. The fourth-order valence-electron chi connectivity index (χ4n) is 2.79. The first-order valence-electron chi connectivity index (χ1n) is 6.26. The Morgan fingerprint density at radius 2 is 1.76 bits per heavy atom. The van der Waals surface area contributed by atoms with E-state index >= 15 is 0 Å². The molecule has 1 saturated carbocycles. The maximum Gasteiger partial charge on any atom is 0.115 e. The van der Waals surface area contributed by atoms with Gasteiger partial charge >= 0.3 is 0 Å². The summed E-state index contributed by atoms with van der Waals surface area (Å²) in [5.41, 5.74) is 1.16. The highest BCUT2D eigenvalue weighted by molar-refractivity contribution is 5.48. The van der Waals surface area contributed by atoms with Gasteiger partial charge in [-0.2, -0.15) is 0 Å². The monoisotopic (exact) mass is 235 g/mol. The molecule has 1 aromatic rings. The number of phenolic OH excluding ortho intramolecular Hbond substituents is 1. The van der Waals surface area contributed by atoms with Crippen LogP contribution in [0.2, 0.25) is 0 Å². The quantitative estimate of drug-likeness (QED) is 0.842. The molecule has 0 radical (unpaired) electrons. The van der Waals surface area contributed by atoms with Gasteiger partial charge in [-0.05, 0) is 37.1 Å². The summed E-state index contributed by atoms with van der Waals surface area (Å²) in [6, 6.07) is 7.23. The molecule has 17 heavy (non-hydrogen) atoms. The Balaban J connectivity index is 2.05. The zero-order chi connectivity index (χ0) is 12.3. The van der Waals surface area contributed by atoms with Crippen LogP contribution in [0.4, 0.5) is 5.69 Å². The Bertz CT molecular complexity index is 355. The van der Waals surface area contributed by atoms with Crippen LogP contribution in [0.5, 0.6) is 5.75 Å². The average Bonchev–Trinajstić information content (AvgIpc) is 2.79. The minimum Gasteiger partial charge on any atom is -0.508 e. The molecule has 0 unspecified atom stereocenters. The fourth-order valence-corrected chi connectivity index (χ4v) is 2.79. The number of benzene rings is 1. The molecule has 0 bridgehead atoms. The van der Waals surface area contributed by atoms with Gasteiger partial charge in [0.25, 0.3) is 0 Å². The van der Waals surface area contributed by atoms with Gasteiger partial charge < -0.3 is 15.1 Å². The number of hydrogen-bond donors (Lipinski definition) is 2. The zero-order valence-electron chi connectivity index (χ0n) is 10.4. The average molecular weight is 235 g/mol. The zero-order valence-corrected chi connectivity index (χ0v) is 10.4. The van der Waals surface area contributed by atoms with Gasteiger partial charge in [0.05, 0.1) is 6.61 Å². The Morgan fingerprint density at radius 1 is 1.18 bits per heavy atom. The topological polar surface area (TPSA) is 43.7 Å². The maximum absolute atomic E-state index is 9.59. The van der Waals surface area contributed by atoms with Crippen LogP contribution in [0.1, 0.15) is 25.7 Å². The summed E-state index contributed by atoms with van der Waals surface area (Å²) in [4.78, 5) is 2.17. The predicted octanol–water partition coefficient (Wildman–Crippen LogP) is 2.38. The lowest BCUT2D eigenvalue weighted by Gasteiger charge is -2.33. The van der Waals surface area contributed by atoms with Crippen LogP contribution in [0.25, 0.3) is 0 Å². The third-order valence-electron chi connectivity index (χ3n) is 3.86. The first-order valence-corrected chi connectivity index (χ1v) is 6.26. The summed E-state index contributed by atoms with van der Waals surface area (Å²) in [5, 5.41) is 18.9. The van der Waals surface area contributed by atoms with Crippen molar-refractivity contribution in [2.45, 2.75) is 25.7 Å². The molecule has 1 fully saturated rings. The molecule has 0 saturated heterocycles. The van der Waals surface area contributed by atoms with Crippen molar-refractivity contribution in [1.82, 2.24) is 0 Å². The van der Waals surface area contributed by atoms with Crippen molar-refractivity contribution in [2.75, 3.05) is 25.1 Å². The highest BCUT2D eigenvalue weighted by Gasteiger charge is 2.34. The molecule has 2 rings (SSSR count).